The Hall–Kier alpha value is -3.11. The van der Waals surface area contributed by atoms with E-state index in [4.69, 9.17) is 21.1 Å². The smallest absolute Gasteiger partial charge is 0.305 e. The molecule has 0 heterocycles. The van der Waals surface area contributed by atoms with E-state index in [1.54, 1.807) is 19.1 Å². The van der Waals surface area contributed by atoms with Crippen molar-refractivity contribution in [3.8, 4) is 5.75 Å². The Morgan fingerprint density at radius 1 is 0.969 bits per heavy atom. The molecule has 3 rings (SSSR count). The summed E-state index contributed by atoms with van der Waals surface area (Å²) in [6, 6.07) is 22.4. The molecule has 0 bridgehead atoms. The summed E-state index contributed by atoms with van der Waals surface area (Å²) in [7, 11) is 0. The van der Waals surface area contributed by atoms with Gasteiger partial charge in [-0.3, -0.25) is 9.59 Å². The molecule has 0 aliphatic heterocycles. The van der Waals surface area contributed by atoms with Crippen molar-refractivity contribution in [2.24, 2.45) is 0 Å². The number of halogens is 1. The lowest BCUT2D eigenvalue weighted by molar-refractivity contribution is -0.143. The first kappa shape index (κ1) is 23.6. The fourth-order valence-corrected chi connectivity index (χ4v) is 3.71. The largest absolute Gasteiger partial charge is 0.489 e. The quantitative estimate of drug-likeness (QED) is 0.260. The molecule has 0 aliphatic rings. The molecular weight excluding hydrogens is 424 g/mol. The fourth-order valence-electron chi connectivity index (χ4n) is 3.59. The number of hydrogen-bond donors (Lipinski definition) is 0. The van der Waals surface area contributed by atoms with Gasteiger partial charge in [0.15, 0.2) is 5.78 Å². The summed E-state index contributed by atoms with van der Waals surface area (Å²) >= 11 is 5.93. The summed E-state index contributed by atoms with van der Waals surface area (Å²) in [5.74, 6) is -0.161. The van der Waals surface area contributed by atoms with Crippen LogP contribution in [-0.2, 0) is 16.1 Å². The zero-order valence-electron chi connectivity index (χ0n) is 18.3. The maximum Gasteiger partial charge on any atom is 0.305 e. The third kappa shape index (κ3) is 6.44. The lowest BCUT2D eigenvalue weighted by atomic mass is 9.85. The van der Waals surface area contributed by atoms with Crippen LogP contribution in [0.15, 0.2) is 72.8 Å². The molecule has 5 heteroatoms. The molecule has 3 aromatic carbocycles. The van der Waals surface area contributed by atoms with E-state index in [-0.39, 0.29) is 18.2 Å². The number of hydrogen-bond acceptors (Lipinski definition) is 4. The van der Waals surface area contributed by atoms with Crippen molar-refractivity contribution >= 4 is 23.4 Å². The van der Waals surface area contributed by atoms with Crippen molar-refractivity contribution in [1.29, 1.82) is 0 Å². The van der Waals surface area contributed by atoms with Crippen molar-refractivity contribution in [2.75, 3.05) is 6.61 Å². The van der Waals surface area contributed by atoms with Gasteiger partial charge in [0.2, 0.25) is 0 Å². The zero-order chi connectivity index (χ0) is 22.9. The Bertz CT molecular complexity index is 1060. The number of ether oxygens (including phenoxy) is 2. The van der Waals surface area contributed by atoms with E-state index in [1.807, 2.05) is 67.6 Å². The van der Waals surface area contributed by atoms with Gasteiger partial charge < -0.3 is 9.47 Å². The molecule has 0 spiro atoms. The molecule has 0 radical (unpaired) electrons. The zero-order valence-corrected chi connectivity index (χ0v) is 19.1. The van der Waals surface area contributed by atoms with Crippen molar-refractivity contribution in [3.05, 3.63) is 100 Å². The first-order valence-electron chi connectivity index (χ1n) is 10.7. The number of carbonyl (C=O) groups is 2. The summed E-state index contributed by atoms with van der Waals surface area (Å²) in [5, 5.41) is 0.673. The summed E-state index contributed by atoms with van der Waals surface area (Å²) < 4.78 is 11.0. The lowest BCUT2D eigenvalue weighted by Gasteiger charge is -2.19. The SMILES string of the molecule is CCOC(=O)CCC(C(=O)c1cccc(OCc2ccc(Cl)cc2)c1)c1ccccc1C. The Kier molecular flexibility index (Phi) is 8.46. The summed E-state index contributed by atoms with van der Waals surface area (Å²) in [6.07, 6.45) is 0.573. The molecule has 0 saturated heterocycles. The number of esters is 1. The molecule has 0 amide bonds. The van der Waals surface area contributed by atoms with Crippen LogP contribution in [-0.4, -0.2) is 18.4 Å². The minimum atomic E-state index is -0.438. The van der Waals surface area contributed by atoms with E-state index in [9.17, 15) is 9.59 Å². The normalized spacial score (nSPS) is 11.6. The van der Waals surface area contributed by atoms with E-state index in [2.05, 4.69) is 0 Å². The second-order valence-electron chi connectivity index (χ2n) is 7.56. The van der Waals surface area contributed by atoms with Gasteiger partial charge in [0.1, 0.15) is 12.4 Å². The van der Waals surface area contributed by atoms with Gasteiger partial charge in [0.05, 0.1) is 6.61 Å². The predicted octanol–water partition coefficient (Wildman–Crippen LogP) is 6.54. The first-order chi connectivity index (χ1) is 15.5. The Balaban J connectivity index is 1.79. The molecule has 4 nitrogen and oxygen atoms in total. The molecule has 0 fully saturated rings. The van der Waals surface area contributed by atoms with Gasteiger partial charge in [-0.05, 0) is 61.2 Å². The Morgan fingerprint density at radius 3 is 2.44 bits per heavy atom. The molecule has 0 saturated carbocycles. The number of carbonyl (C=O) groups excluding carboxylic acids is 2. The van der Waals surface area contributed by atoms with E-state index < -0.39 is 5.92 Å². The molecule has 3 aromatic rings. The average molecular weight is 451 g/mol. The van der Waals surface area contributed by atoms with Crippen molar-refractivity contribution in [1.82, 2.24) is 0 Å². The monoisotopic (exact) mass is 450 g/mol. The van der Waals surface area contributed by atoms with Gasteiger partial charge in [-0.1, -0.05) is 60.1 Å². The topological polar surface area (TPSA) is 52.6 Å². The van der Waals surface area contributed by atoms with Gasteiger partial charge in [0.25, 0.3) is 0 Å². The second-order valence-corrected chi connectivity index (χ2v) is 8.00. The fraction of sp³-hybridized carbons (Fsp3) is 0.259. The van der Waals surface area contributed by atoms with Crippen molar-refractivity contribution < 1.29 is 19.1 Å². The van der Waals surface area contributed by atoms with Crippen molar-refractivity contribution in [2.45, 2.75) is 39.2 Å². The first-order valence-corrected chi connectivity index (χ1v) is 11.1. The molecule has 0 aromatic heterocycles. The third-order valence-electron chi connectivity index (χ3n) is 5.26. The van der Waals surface area contributed by atoms with Gasteiger partial charge in [-0.2, -0.15) is 0 Å². The summed E-state index contributed by atoms with van der Waals surface area (Å²) in [6.45, 7) is 4.46. The highest BCUT2D eigenvalue weighted by Gasteiger charge is 2.25. The van der Waals surface area contributed by atoms with Crippen LogP contribution in [0.2, 0.25) is 5.02 Å². The van der Waals surface area contributed by atoms with Gasteiger partial charge in [-0.25, -0.2) is 0 Å². The minimum absolute atomic E-state index is 0.0412. The number of benzene rings is 3. The number of Topliss-reactive ketones (excluding diaryl/α,β-unsaturated/α-hetero) is 1. The van der Waals surface area contributed by atoms with E-state index in [1.165, 1.54) is 0 Å². The highest BCUT2D eigenvalue weighted by molar-refractivity contribution is 6.30. The number of aryl methyl sites for hydroxylation is 1. The van der Waals surface area contributed by atoms with E-state index in [0.717, 1.165) is 16.7 Å². The molecular formula is C27H27ClO4. The number of ketones is 1. The standard InChI is InChI=1S/C27H27ClO4/c1-3-31-26(29)16-15-25(24-10-5-4-7-19(24)2)27(30)21-8-6-9-23(17-21)32-18-20-11-13-22(28)14-12-20/h4-14,17,25H,3,15-16,18H2,1-2H3. The van der Waals surface area contributed by atoms with Crippen LogP contribution in [0, 0.1) is 6.92 Å². The highest BCUT2D eigenvalue weighted by Crippen LogP contribution is 2.30. The predicted molar refractivity (Wildman–Crippen MR) is 126 cm³/mol. The maximum absolute atomic E-state index is 13.5. The van der Waals surface area contributed by atoms with Crippen LogP contribution in [0.4, 0.5) is 0 Å². The van der Waals surface area contributed by atoms with Gasteiger partial charge in [0, 0.05) is 22.9 Å². The molecule has 1 unspecified atom stereocenters. The maximum atomic E-state index is 13.5. The number of rotatable bonds is 10. The second kappa shape index (κ2) is 11.5. The summed E-state index contributed by atoms with van der Waals surface area (Å²) in [4.78, 5) is 25.5. The van der Waals surface area contributed by atoms with Gasteiger partial charge in [-0.15, -0.1) is 0 Å². The molecule has 0 aliphatic carbocycles. The van der Waals surface area contributed by atoms with Crippen LogP contribution in [0.3, 0.4) is 0 Å². The summed E-state index contributed by atoms with van der Waals surface area (Å²) in [5.41, 5.74) is 3.48. The van der Waals surface area contributed by atoms with Crippen LogP contribution in [0.5, 0.6) is 5.75 Å². The van der Waals surface area contributed by atoms with Crippen LogP contribution < -0.4 is 4.74 Å². The van der Waals surface area contributed by atoms with E-state index >= 15 is 0 Å². The van der Waals surface area contributed by atoms with Gasteiger partial charge >= 0.3 is 5.97 Å². The van der Waals surface area contributed by atoms with Crippen LogP contribution in [0.25, 0.3) is 0 Å². The van der Waals surface area contributed by atoms with E-state index in [0.29, 0.717) is 36.0 Å². The minimum Gasteiger partial charge on any atom is -0.489 e. The molecule has 1 atom stereocenters. The third-order valence-corrected chi connectivity index (χ3v) is 5.51. The Labute approximate surface area is 194 Å². The van der Waals surface area contributed by atoms with Crippen LogP contribution in [0.1, 0.15) is 52.7 Å². The molecule has 32 heavy (non-hydrogen) atoms. The van der Waals surface area contributed by atoms with Crippen molar-refractivity contribution in [3.63, 3.8) is 0 Å². The lowest BCUT2D eigenvalue weighted by Crippen LogP contribution is -2.17. The van der Waals surface area contributed by atoms with Crippen LogP contribution >= 0.6 is 11.6 Å². The Morgan fingerprint density at radius 2 is 1.72 bits per heavy atom. The molecule has 166 valence electrons. The molecule has 0 N–H and O–H groups in total. The average Bonchev–Trinajstić information content (AvgIpc) is 2.80. The highest BCUT2D eigenvalue weighted by atomic mass is 35.5.